The number of guanidine groups is 1. The highest BCUT2D eigenvalue weighted by Crippen LogP contribution is 2.47. The van der Waals surface area contributed by atoms with E-state index in [4.69, 9.17) is 0 Å². The fourth-order valence-corrected chi connectivity index (χ4v) is 2.28. The monoisotopic (exact) mass is 387 g/mol. The zero-order chi connectivity index (χ0) is 13.7. The van der Waals surface area contributed by atoms with Gasteiger partial charge in [-0.05, 0) is 24.3 Å². The third-order valence-electron chi connectivity index (χ3n) is 3.74. The van der Waals surface area contributed by atoms with Crippen molar-refractivity contribution in [2.45, 2.75) is 32.1 Å². The molecule has 0 unspecified atom stereocenters. The van der Waals surface area contributed by atoms with E-state index in [1.54, 1.807) is 0 Å². The lowest BCUT2D eigenvalue weighted by atomic mass is 9.96. The molecule has 0 aliphatic heterocycles. The van der Waals surface area contributed by atoms with Crippen molar-refractivity contribution in [3.63, 3.8) is 0 Å². The first kappa shape index (κ1) is 17.3. The normalized spacial score (nSPS) is 16.5. The summed E-state index contributed by atoms with van der Waals surface area (Å²) in [4.78, 5) is 4.28. The van der Waals surface area contributed by atoms with Crippen molar-refractivity contribution in [3.8, 4) is 0 Å². The van der Waals surface area contributed by atoms with Crippen LogP contribution in [0.25, 0.3) is 0 Å². The highest BCUT2D eigenvalue weighted by Gasteiger charge is 2.43. The lowest BCUT2D eigenvalue weighted by Gasteiger charge is -2.19. The van der Waals surface area contributed by atoms with Gasteiger partial charge in [-0.1, -0.05) is 44.2 Å². The van der Waals surface area contributed by atoms with Crippen LogP contribution in [0.5, 0.6) is 0 Å². The van der Waals surface area contributed by atoms with Crippen LogP contribution in [-0.4, -0.2) is 26.1 Å². The summed E-state index contributed by atoms with van der Waals surface area (Å²) in [7, 11) is 1.83. The van der Waals surface area contributed by atoms with Crippen molar-refractivity contribution >= 4 is 29.9 Å². The lowest BCUT2D eigenvalue weighted by Crippen LogP contribution is -2.42. The summed E-state index contributed by atoms with van der Waals surface area (Å²) in [6.45, 7) is 6.33. The number of halogens is 1. The summed E-state index contributed by atoms with van der Waals surface area (Å²) in [5.41, 5.74) is 1.78. The molecule has 0 aromatic heterocycles. The van der Waals surface area contributed by atoms with Crippen molar-refractivity contribution in [2.24, 2.45) is 10.9 Å². The molecule has 4 heteroatoms. The van der Waals surface area contributed by atoms with Crippen LogP contribution in [-0.2, 0) is 5.41 Å². The number of aliphatic imine (C=N–C) groups is 1. The Morgan fingerprint density at radius 2 is 1.85 bits per heavy atom. The molecule has 0 saturated heterocycles. The second kappa shape index (κ2) is 7.86. The Morgan fingerprint density at radius 1 is 1.20 bits per heavy atom. The maximum absolute atomic E-state index is 4.28. The summed E-state index contributed by atoms with van der Waals surface area (Å²) in [6.07, 6.45) is 2.54. The number of benzene rings is 1. The van der Waals surface area contributed by atoms with Crippen LogP contribution in [0.15, 0.2) is 35.3 Å². The zero-order valence-electron chi connectivity index (χ0n) is 12.6. The highest BCUT2D eigenvalue weighted by atomic mass is 127. The van der Waals surface area contributed by atoms with E-state index in [1.165, 1.54) is 18.4 Å². The lowest BCUT2D eigenvalue weighted by molar-refractivity contribution is 0.600. The standard InChI is InChI=1S/C16H25N3.HI/c1-13(2)11-18-15(17-3)19-12-16(9-10-16)14-7-5-4-6-8-14;/h4-8,13H,9-12H2,1-3H3,(H2,17,18,19);1H. The van der Waals surface area contributed by atoms with E-state index >= 15 is 0 Å². The Kier molecular flexibility index (Phi) is 6.79. The number of nitrogens with zero attached hydrogens (tertiary/aromatic N) is 1. The molecule has 0 radical (unpaired) electrons. The SMILES string of the molecule is CN=C(NCC(C)C)NCC1(c2ccccc2)CC1.I. The maximum atomic E-state index is 4.28. The third-order valence-corrected chi connectivity index (χ3v) is 3.74. The van der Waals surface area contributed by atoms with Crippen molar-refractivity contribution in [2.75, 3.05) is 20.1 Å². The Balaban J connectivity index is 0.00000200. The molecule has 1 aliphatic carbocycles. The molecular weight excluding hydrogens is 361 g/mol. The van der Waals surface area contributed by atoms with Crippen LogP contribution < -0.4 is 10.6 Å². The number of hydrogen-bond acceptors (Lipinski definition) is 1. The van der Waals surface area contributed by atoms with Crippen molar-refractivity contribution in [3.05, 3.63) is 35.9 Å². The fourth-order valence-electron chi connectivity index (χ4n) is 2.28. The molecule has 1 saturated carbocycles. The van der Waals surface area contributed by atoms with E-state index in [-0.39, 0.29) is 24.0 Å². The maximum Gasteiger partial charge on any atom is 0.191 e. The Hall–Kier alpha value is -0.780. The second-order valence-electron chi connectivity index (χ2n) is 5.85. The minimum atomic E-state index is 0. The van der Waals surface area contributed by atoms with Gasteiger partial charge in [-0.25, -0.2) is 0 Å². The first-order valence-corrected chi connectivity index (χ1v) is 7.16. The van der Waals surface area contributed by atoms with Gasteiger partial charge in [0.25, 0.3) is 0 Å². The van der Waals surface area contributed by atoms with Crippen LogP contribution in [0.2, 0.25) is 0 Å². The molecule has 2 N–H and O–H groups in total. The van der Waals surface area contributed by atoms with Gasteiger partial charge in [0.2, 0.25) is 0 Å². The van der Waals surface area contributed by atoms with E-state index in [2.05, 4.69) is 59.8 Å². The molecule has 2 rings (SSSR count). The average molecular weight is 387 g/mol. The predicted molar refractivity (Wildman–Crippen MR) is 97.0 cm³/mol. The summed E-state index contributed by atoms with van der Waals surface area (Å²) in [5.74, 6) is 1.54. The average Bonchev–Trinajstić information content (AvgIpc) is 3.21. The molecule has 0 bridgehead atoms. The summed E-state index contributed by atoms with van der Waals surface area (Å²) in [5, 5.41) is 6.82. The van der Waals surface area contributed by atoms with Gasteiger partial charge in [-0.3, -0.25) is 4.99 Å². The second-order valence-corrected chi connectivity index (χ2v) is 5.85. The molecule has 0 amide bonds. The molecule has 1 fully saturated rings. The van der Waals surface area contributed by atoms with Gasteiger partial charge in [0.05, 0.1) is 0 Å². The molecule has 1 aromatic rings. The van der Waals surface area contributed by atoms with Gasteiger partial charge in [-0.2, -0.15) is 0 Å². The molecule has 0 heterocycles. The Labute approximate surface area is 139 Å². The first-order chi connectivity index (χ1) is 9.16. The van der Waals surface area contributed by atoms with E-state index in [0.29, 0.717) is 11.3 Å². The van der Waals surface area contributed by atoms with E-state index < -0.39 is 0 Å². The minimum absolute atomic E-state index is 0. The van der Waals surface area contributed by atoms with Gasteiger partial charge >= 0.3 is 0 Å². The summed E-state index contributed by atoms with van der Waals surface area (Å²) >= 11 is 0. The number of nitrogens with one attached hydrogen (secondary N) is 2. The molecule has 112 valence electrons. The zero-order valence-corrected chi connectivity index (χ0v) is 15.0. The third kappa shape index (κ3) is 4.65. The van der Waals surface area contributed by atoms with Crippen molar-refractivity contribution < 1.29 is 0 Å². The first-order valence-electron chi connectivity index (χ1n) is 7.16. The Bertz CT molecular complexity index is 425. The van der Waals surface area contributed by atoms with Gasteiger partial charge in [0, 0.05) is 25.6 Å². The van der Waals surface area contributed by atoms with Crippen LogP contribution >= 0.6 is 24.0 Å². The molecule has 20 heavy (non-hydrogen) atoms. The van der Waals surface area contributed by atoms with Gasteiger partial charge in [-0.15, -0.1) is 24.0 Å². The number of rotatable bonds is 5. The Morgan fingerprint density at radius 3 is 2.35 bits per heavy atom. The quantitative estimate of drug-likeness (QED) is 0.463. The number of hydrogen-bond donors (Lipinski definition) is 2. The minimum Gasteiger partial charge on any atom is -0.356 e. The van der Waals surface area contributed by atoms with Crippen molar-refractivity contribution in [1.82, 2.24) is 10.6 Å². The van der Waals surface area contributed by atoms with E-state index in [1.807, 2.05) is 7.05 Å². The molecule has 1 aliphatic rings. The topological polar surface area (TPSA) is 36.4 Å². The van der Waals surface area contributed by atoms with Crippen molar-refractivity contribution in [1.29, 1.82) is 0 Å². The largest absolute Gasteiger partial charge is 0.356 e. The highest BCUT2D eigenvalue weighted by molar-refractivity contribution is 14.0. The van der Waals surface area contributed by atoms with Crippen LogP contribution in [0.1, 0.15) is 32.3 Å². The summed E-state index contributed by atoms with van der Waals surface area (Å²) in [6, 6.07) is 10.8. The fraction of sp³-hybridized carbons (Fsp3) is 0.562. The predicted octanol–water partition coefficient (Wildman–Crippen LogP) is 3.16. The molecule has 3 nitrogen and oxygen atoms in total. The van der Waals surface area contributed by atoms with Gasteiger partial charge in [0.15, 0.2) is 5.96 Å². The van der Waals surface area contributed by atoms with Crippen LogP contribution in [0, 0.1) is 5.92 Å². The van der Waals surface area contributed by atoms with Crippen LogP contribution in [0.3, 0.4) is 0 Å². The smallest absolute Gasteiger partial charge is 0.191 e. The van der Waals surface area contributed by atoms with Gasteiger partial charge in [0.1, 0.15) is 0 Å². The molecule has 0 atom stereocenters. The molecule has 1 aromatic carbocycles. The molecule has 0 spiro atoms. The van der Waals surface area contributed by atoms with E-state index in [0.717, 1.165) is 19.0 Å². The van der Waals surface area contributed by atoms with E-state index in [9.17, 15) is 0 Å². The molecular formula is C16H26IN3. The summed E-state index contributed by atoms with van der Waals surface area (Å²) < 4.78 is 0. The van der Waals surface area contributed by atoms with Crippen LogP contribution in [0.4, 0.5) is 0 Å². The van der Waals surface area contributed by atoms with Gasteiger partial charge < -0.3 is 10.6 Å².